The zero-order valence-corrected chi connectivity index (χ0v) is 15.5. The number of H-pyrrole nitrogens is 2. The SMILES string of the molecule is CCC(c1c(OC)cc(C)c2[nH]ccc12)n1[nH]c2ccc(C#N)cc2c1=O. The third kappa shape index (κ3) is 2.51. The van der Waals surface area contributed by atoms with Gasteiger partial charge in [-0.1, -0.05) is 6.92 Å². The number of aryl methyl sites for hydroxylation is 1. The predicted octanol–water partition coefficient (Wildman–Crippen LogP) is 4.00. The Labute approximate surface area is 156 Å². The second-order valence-corrected chi connectivity index (χ2v) is 6.66. The summed E-state index contributed by atoms with van der Waals surface area (Å²) in [6.45, 7) is 4.08. The lowest BCUT2D eigenvalue weighted by Gasteiger charge is -2.21. The number of aromatic nitrogens is 3. The molecule has 1 atom stereocenters. The first-order valence-corrected chi connectivity index (χ1v) is 8.88. The van der Waals surface area contributed by atoms with Gasteiger partial charge in [-0.2, -0.15) is 5.26 Å². The number of rotatable bonds is 4. The van der Waals surface area contributed by atoms with Crippen LogP contribution in [-0.2, 0) is 0 Å². The van der Waals surface area contributed by atoms with Crippen LogP contribution >= 0.6 is 0 Å². The molecular weight excluding hydrogens is 340 g/mol. The third-order valence-corrected chi connectivity index (χ3v) is 5.13. The second-order valence-electron chi connectivity index (χ2n) is 6.66. The predicted molar refractivity (Wildman–Crippen MR) is 105 cm³/mol. The molecule has 0 aliphatic carbocycles. The van der Waals surface area contributed by atoms with Crippen molar-refractivity contribution < 1.29 is 4.74 Å². The van der Waals surface area contributed by atoms with E-state index >= 15 is 0 Å². The largest absolute Gasteiger partial charge is 0.496 e. The number of ether oxygens (including phenoxy) is 1. The van der Waals surface area contributed by atoms with Crippen molar-refractivity contribution in [2.24, 2.45) is 0 Å². The van der Waals surface area contributed by atoms with Crippen molar-refractivity contribution in [2.45, 2.75) is 26.3 Å². The molecule has 2 heterocycles. The Morgan fingerprint density at radius 3 is 2.78 bits per heavy atom. The van der Waals surface area contributed by atoms with Crippen LogP contribution in [0.1, 0.15) is 36.1 Å². The summed E-state index contributed by atoms with van der Waals surface area (Å²) in [5, 5.41) is 13.9. The minimum Gasteiger partial charge on any atom is -0.496 e. The van der Waals surface area contributed by atoms with Crippen molar-refractivity contribution in [1.29, 1.82) is 5.26 Å². The summed E-state index contributed by atoms with van der Waals surface area (Å²) in [5.41, 5.74) is 4.15. The van der Waals surface area contributed by atoms with Crippen molar-refractivity contribution in [1.82, 2.24) is 14.8 Å². The fraction of sp³-hybridized carbons (Fsp3) is 0.238. The first kappa shape index (κ1) is 17.0. The summed E-state index contributed by atoms with van der Waals surface area (Å²) in [6.07, 6.45) is 2.61. The molecule has 0 fully saturated rings. The van der Waals surface area contributed by atoms with Crippen LogP contribution in [-0.4, -0.2) is 21.9 Å². The lowest BCUT2D eigenvalue weighted by molar-refractivity contribution is 0.395. The normalized spacial score (nSPS) is 12.4. The van der Waals surface area contributed by atoms with Crippen molar-refractivity contribution in [3.05, 3.63) is 63.6 Å². The molecule has 1 unspecified atom stereocenters. The van der Waals surface area contributed by atoms with Crippen molar-refractivity contribution >= 4 is 21.8 Å². The molecule has 0 amide bonds. The highest BCUT2D eigenvalue weighted by molar-refractivity contribution is 5.89. The van der Waals surface area contributed by atoms with Gasteiger partial charge in [0.1, 0.15) is 5.75 Å². The van der Waals surface area contributed by atoms with Crippen LogP contribution in [0.5, 0.6) is 5.75 Å². The van der Waals surface area contributed by atoms with Crippen molar-refractivity contribution in [2.75, 3.05) is 7.11 Å². The average molecular weight is 360 g/mol. The van der Waals surface area contributed by atoms with Gasteiger partial charge in [0.15, 0.2) is 0 Å². The molecule has 6 nitrogen and oxygen atoms in total. The zero-order chi connectivity index (χ0) is 19.1. The molecule has 0 aliphatic rings. The van der Waals surface area contributed by atoms with Gasteiger partial charge in [-0.05, 0) is 49.2 Å². The molecule has 2 aromatic heterocycles. The highest BCUT2D eigenvalue weighted by atomic mass is 16.5. The molecule has 2 aromatic carbocycles. The summed E-state index contributed by atoms with van der Waals surface area (Å²) < 4.78 is 7.32. The van der Waals surface area contributed by atoms with Crippen LogP contribution in [0.15, 0.2) is 41.3 Å². The Bertz CT molecular complexity index is 1250. The number of nitrogens with zero attached hydrogens (tertiary/aromatic N) is 2. The van der Waals surface area contributed by atoms with Gasteiger partial charge in [-0.15, -0.1) is 0 Å². The molecule has 0 aliphatic heterocycles. The molecule has 0 saturated carbocycles. The smallest absolute Gasteiger partial charge is 0.275 e. The molecular formula is C21H20N4O2. The lowest BCUT2D eigenvalue weighted by Crippen LogP contribution is -2.23. The standard InChI is InChI=1S/C21H20N4O2/c1-4-17(19-14-7-8-23-20(14)12(2)9-18(19)27-3)25-21(26)15-10-13(11-22)5-6-16(15)24-25/h5-10,17,23-24H,4H2,1-3H3. The monoisotopic (exact) mass is 360 g/mol. The quantitative estimate of drug-likeness (QED) is 0.577. The van der Waals surface area contributed by atoms with E-state index in [4.69, 9.17) is 10.00 Å². The first-order chi connectivity index (χ1) is 13.1. The molecule has 27 heavy (non-hydrogen) atoms. The van der Waals surface area contributed by atoms with Crippen LogP contribution in [0.4, 0.5) is 0 Å². The van der Waals surface area contributed by atoms with E-state index in [0.717, 1.165) is 27.8 Å². The molecule has 0 bridgehead atoms. The Hall–Kier alpha value is -3.46. The van der Waals surface area contributed by atoms with Crippen LogP contribution in [0.25, 0.3) is 21.8 Å². The molecule has 0 spiro atoms. The average Bonchev–Trinajstić information content (AvgIpc) is 3.29. The fourth-order valence-corrected chi connectivity index (χ4v) is 3.85. The van der Waals surface area contributed by atoms with E-state index in [9.17, 15) is 4.79 Å². The van der Waals surface area contributed by atoms with Gasteiger partial charge >= 0.3 is 0 Å². The summed E-state index contributed by atoms with van der Waals surface area (Å²) >= 11 is 0. The van der Waals surface area contributed by atoms with Gasteiger partial charge < -0.3 is 9.72 Å². The number of hydrogen-bond acceptors (Lipinski definition) is 3. The van der Waals surface area contributed by atoms with Crippen LogP contribution in [0.2, 0.25) is 0 Å². The lowest BCUT2D eigenvalue weighted by atomic mass is 9.97. The summed E-state index contributed by atoms with van der Waals surface area (Å²) in [6, 6.07) is 11.0. The number of fused-ring (bicyclic) bond motifs is 2. The highest BCUT2D eigenvalue weighted by Crippen LogP contribution is 2.37. The number of benzene rings is 2. The maximum Gasteiger partial charge on any atom is 0.275 e. The van der Waals surface area contributed by atoms with Gasteiger partial charge in [0.2, 0.25) is 0 Å². The minimum absolute atomic E-state index is 0.139. The minimum atomic E-state index is -0.218. The van der Waals surface area contributed by atoms with Gasteiger partial charge in [-0.25, -0.2) is 4.68 Å². The summed E-state index contributed by atoms with van der Waals surface area (Å²) in [5.74, 6) is 0.759. The fourth-order valence-electron chi connectivity index (χ4n) is 3.85. The van der Waals surface area contributed by atoms with E-state index in [1.807, 2.05) is 32.2 Å². The van der Waals surface area contributed by atoms with Gasteiger partial charge in [0.05, 0.1) is 35.7 Å². The maximum absolute atomic E-state index is 13.1. The molecule has 4 aromatic rings. The Morgan fingerprint density at radius 2 is 2.07 bits per heavy atom. The van der Waals surface area contributed by atoms with E-state index in [-0.39, 0.29) is 11.6 Å². The molecule has 4 rings (SSSR count). The number of hydrogen-bond donors (Lipinski definition) is 2. The molecule has 0 saturated heterocycles. The van der Waals surface area contributed by atoms with E-state index < -0.39 is 0 Å². The number of aromatic amines is 2. The number of methoxy groups -OCH3 is 1. The van der Waals surface area contributed by atoms with Crippen LogP contribution in [0, 0.1) is 18.3 Å². The van der Waals surface area contributed by atoms with E-state index in [1.54, 1.807) is 30.0 Å². The second kappa shape index (κ2) is 6.36. The van der Waals surface area contributed by atoms with Gasteiger partial charge in [0, 0.05) is 22.7 Å². The van der Waals surface area contributed by atoms with Gasteiger partial charge in [0.25, 0.3) is 5.56 Å². The molecule has 6 heteroatoms. The first-order valence-electron chi connectivity index (χ1n) is 8.88. The Kier molecular flexibility index (Phi) is 4.00. The topological polar surface area (TPSA) is 86.6 Å². The van der Waals surface area contributed by atoms with Crippen molar-refractivity contribution in [3.63, 3.8) is 0 Å². The Balaban J connectivity index is 2.00. The zero-order valence-electron chi connectivity index (χ0n) is 15.5. The summed E-state index contributed by atoms with van der Waals surface area (Å²) in [4.78, 5) is 16.4. The number of nitrogens with one attached hydrogen (secondary N) is 2. The number of nitriles is 1. The van der Waals surface area contributed by atoms with Crippen LogP contribution in [0.3, 0.4) is 0 Å². The third-order valence-electron chi connectivity index (χ3n) is 5.13. The summed E-state index contributed by atoms with van der Waals surface area (Å²) in [7, 11) is 1.65. The maximum atomic E-state index is 13.1. The molecule has 0 radical (unpaired) electrons. The Morgan fingerprint density at radius 1 is 1.26 bits per heavy atom. The van der Waals surface area contributed by atoms with Gasteiger partial charge in [-0.3, -0.25) is 9.89 Å². The van der Waals surface area contributed by atoms with Crippen LogP contribution < -0.4 is 10.3 Å². The van der Waals surface area contributed by atoms with Crippen molar-refractivity contribution in [3.8, 4) is 11.8 Å². The van der Waals surface area contributed by atoms with E-state index in [1.165, 1.54) is 0 Å². The highest BCUT2D eigenvalue weighted by Gasteiger charge is 2.24. The van der Waals surface area contributed by atoms with E-state index in [2.05, 4.69) is 16.2 Å². The van der Waals surface area contributed by atoms with E-state index in [0.29, 0.717) is 22.9 Å². The molecule has 2 N–H and O–H groups in total. The molecule has 136 valence electrons.